The highest BCUT2D eigenvalue weighted by atomic mass is 31.1. The number of terminal acetylenes is 1. The van der Waals surface area contributed by atoms with Crippen molar-refractivity contribution in [3.8, 4) is 12.3 Å². The van der Waals surface area contributed by atoms with Gasteiger partial charge in [0.25, 0.3) is 0 Å². The topological polar surface area (TPSA) is 35.5 Å². The Hall–Kier alpha value is -1.31. The fourth-order valence-electron chi connectivity index (χ4n) is 1.94. The summed E-state index contributed by atoms with van der Waals surface area (Å²) in [5.41, 5.74) is 1.39. The van der Waals surface area contributed by atoms with Gasteiger partial charge in [0.2, 0.25) is 0 Å². The van der Waals surface area contributed by atoms with Crippen molar-refractivity contribution in [2.24, 2.45) is 5.92 Å². The first-order chi connectivity index (χ1) is 10.4. The van der Waals surface area contributed by atoms with Crippen LogP contribution in [0.5, 0.6) is 0 Å². The number of carbonyl (C=O) groups is 1. The standard InChI is InChI=1S/C16H23F3O3P/c1-9-13(12(5)11(4)10(2)3)22-14(20)15(21-6,23(7)8)16(17,18)19/h1,10,13H,7H2,2-6,8H3/q+1. The Morgan fingerprint density at radius 2 is 1.74 bits per heavy atom. The summed E-state index contributed by atoms with van der Waals surface area (Å²) < 4.78 is 49.7. The molecule has 0 rings (SSSR count). The van der Waals surface area contributed by atoms with Crippen LogP contribution in [0.3, 0.4) is 0 Å². The van der Waals surface area contributed by atoms with Crippen molar-refractivity contribution < 1.29 is 27.4 Å². The summed E-state index contributed by atoms with van der Waals surface area (Å²) in [7, 11) is -1.30. The van der Waals surface area contributed by atoms with Gasteiger partial charge in [-0.05, 0) is 25.3 Å². The van der Waals surface area contributed by atoms with Crippen LogP contribution < -0.4 is 0 Å². The smallest absolute Gasteiger partial charge is 0.439 e. The lowest BCUT2D eigenvalue weighted by Crippen LogP contribution is -2.52. The fraction of sp³-hybridized carbons (Fsp3) is 0.625. The molecule has 0 saturated heterocycles. The minimum Gasteiger partial charge on any atom is -0.439 e. The van der Waals surface area contributed by atoms with Crippen molar-refractivity contribution in [2.45, 2.75) is 45.3 Å². The molecule has 0 aromatic carbocycles. The zero-order chi connectivity index (χ0) is 18.6. The average molecular weight is 351 g/mol. The highest BCUT2D eigenvalue weighted by molar-refractivity contribution is 7.57. The highest BCUT2D eigenvalue weighted by Gasteiger charge is 2.71. The van der Waals surface area contributed by atoms with Crippen molar-refractivity contribution in [1.82, 2.24) is 0 Å². The molecule has 23 heavy (non-hydrogen) atoms. The third-order valence-corrected chi connectivity index (χ3v) is 5.45. The van der Waals surface area contributed by atoms with E-state index in [1.807, 2.05) is 13.8 Å². The van der Waals surface area contributed by atoms with E-state index in [4.69, 9.17) is 11.2 Å². The Bertz CT molecular complexity index is 544. The number of rotatable bonds is 6. The molecule has 0 N–H and O–H groups in total. The second-order valence-corrected chi connectivity index (χ2v) is 7.54. The number of alkyl halides is 3. The highest BCUT2D eigenvalue weighted by Crippen LogP contribution is 2.49. The Balaban J connectivity index is 5.81. The average Bonchev–Trinajstić information content (AvgIpc) is 2.42. The molecular weight excluding hydrogens is 328 g/mol. The van der Waals surface area contributed by atoms with Gasteiger partial charge in [0.15, 0.2) is 6.10 Å². The van der Waals surface area contributed by atoms with Crippen molar-refractivity contribution in [3.63, 3.8) is 0 Å². The quantitative estimate of drug-likeness (QED) is 0.314. The Labute approximate surface area is 136 Å². The van der Waals surface area contributed by atoms with Gasteiger partial charge in [0.1, 0.15) is 7.55 Å². The molecular formula is C16H23F3O3P+. The lowest BCUT2D eigenvalue weighted by Gasteiger charge is -2.27. The zero-order valence-corrected chi connectivity index (χ0v) is 15.1. The van der Waals surface area contributed by atoms with Crippen molar-refractivity contribution in [2.75, 3.05) is 13.8 Å². The van der Waals surface area contributed by atoms with Gasteiger partial charge in [-0.25, -0.2) is 4.79 Å². The molecule has 7 heteroatoms. The summed E-state index contributed by atoms with van der Waals surface area (Å²) in [6, 6.07) is 0. The summed E-state index contributed by atoms with van der Waals surface area (Å²) >= 11 is 0. The first kappa shape index (κ1) is 21.7. The Kier molecular flexibility index (Phi) is 7.53. The molecule has 3 atom stereocenters. The maximum Gasteiger partial charge on any atom is 0.474 e. The van der Waals surface area contributed by atoms with Crippen LogP contribution in [0.1, 0.15) is 27.7 Å². The van der Waals surface area contributed by atoms with E-state index < -0.39 is 31.1 Å². The molecule has 0 aromatic rings. The van der Waals surface area contributed by atoms with Gasteiger partial charge < -0.3 is 9.47 Å². The molecule has 3 unspecified atom stereocenters. The maximum absolute atomic E-state index is 13.4. The van der Waals surface area contributed by atoms with Crippen LogP contribution in [-0.4, -0.2) is 43.7 Å². The predicted molar refractivity (Wildman–Crippen MR) is 87.7 cm³/mol. The summed E-state index contributed by atoms with van der Waals surface area (Å²) in [4.78, 5) is 12.2. The van der Waals surface area contributed by atoms with E-state index in [1.54, 1.807) is 13.8 Å². The molecule has 0 aliphatic carbocycles. The Morgan fingerprint density at radius 3 is 2.00 bits per heavy atom. The van der Waals surface area contributed by atoms with Gasteiger partial charge in [-0.3, -0.25) is 0 Å². The number of hydrogen-bond donors (Lipinski definition) is 0. The van der Waals surface area contributed by atoms with E-state index >= 15 is 0 Å². The SMILES string of the molecule is C#CC(OC(=O)C(OC)([P+](=C)C)C(F)(F)F)C(C)=C(C)C(C)C. The summed E-state index contributed by atoms with van der Waals surface area (Å²) in [6.07, 6.45) is 2.56. The Morgan fingerprint density at radius 1 is 1.26 bits per heavy atom. The van der Waals surface area contributed by atoms with E-state index in [0.29, 0.717) is 5.57 Å². The molecule has 0 fully saturated rings. The van der Waals surface area contributed by atoms with Crippen LogP contribution in [0.4, 0.5) is 13.2 Å². The lowest BCUT2D eigenvalue weighted by molar-refractivity contribution is -0.239. The number of allylic oxidation sites excluding steroid dienone is 1. The van der Waals surface area contributed by atoms with Crippen molar-refractivity contribution >= 4 is 19.8 Å². The minimum atomic E-state index is -4.95. The number of methoxy groups -OCH3 is 1. The third-order valence-electron chi connectivity index (χ3n) is 3.75. The van der Waals surface area contributed by atoms with E-state index in [-0.39, 0.29) is 5.92 Å². The number of hydrogen-bond acceptors (Lipinski definition) is 3. The largest absolute Gasteiger partial charge is 0.474 e. The summed E-state index contributed by atoms with van der Waals surface area (Å²) in [5.74, 6) is 0.779. The second-order valence-electron chi connectivity index (χ2n) is 5.52. The van der Waals surface area contributed by atoms with Gasteiger partial charge in [0.05, 0.1) is 13.0 Å². The van der Waals surface area contributed by atoms with Crippen LogP contribution in [0.15, 0.2) is 11.1 Å². The minimum absolute atomic E-state index is 0.121. The van der Waals surface area contributed by atoms with E-state index in [0.717, 1.165) is 12.7 Å². The molecule has 130 valence electrons. The van der Waals surface area contributed by atoms with Crippen molar-refractivity contribution in [3.05, 3.63) is 11.1 Å². The van der Waals surface area contributed by atoms with Crippen LogP contribution in [0.25, 0.3) is 0 Å². The van der Waals surface area contributed by atoms with Crippen molar-refractivity contribution in [1.29, 1.82) is 0 Å². The van der Waals surface area contributed by atoms with Gasteiger partial charge in [-0.15, -0.1) is 6.42 Å². The van der Waals surface area contributed by atoms with Crippen LogP contribution in [0, 0.1) is 18.3 Å². The summed E-state index contributed by atoms with van der Waals surface area (Å²) in [5, 5.41) is -3.09. The number of esters is 1. The molecule has 3 nitrogen and oxygen atoms in total. The van der Waals surface area contributed by atoms with Gasteiger partial charge in [-0.2, -0.15) is 13.2 Å². The summed E-state index contributed by atoms with van der Waals surface area (Å²) in [6.45, 7) is 8.43. The van der Waals surface area contributed by atoms with Crippen LogP contribution in [0.2, 0.25) is 0 Å². The van der Waals surface area contributed by atoms with Crippen LogP contribution in [-0.2, 0) is 14.3 Å². The lowest BCUT2D eigenvalue weighted by atomic mass is 9.97. The fourth-order valence-corrected chi connectivity index (χ4v) is 3.05. The first-order valence-corrected chi connectivity index (χ1v) is 8.84. The van der Waals surface area contributed by atoms with E-state index in [2.05, 4.69) is 17.0 Å². The molecule has 0 bridgehead atoms. The predicted octanol–water partition coefficient (Wildman–Crippen LogP) is 3.97. The van der Waals surface area contributed by atoms with Crippen LogP contribution >= 0.6 is 7.55 Å². The van der Waals surface area contributed by atoms with Gasteiger partial charge in [-0.1, -0.05) is 25.3 Å². The molecule has 0 heterocycles. The number of carbonyl (C=O) groups excluding carboxylic acids is 1. The van der Waals surface area contributed by atoms with Gasteiger partial charge >= 0.3 is 17.5 Å². The number of halogens is 3. The number of ether oxygens (including phenoxy) is 2. The van der Waals surface area contributed by atoms with Gasteiger partial charge in [0, 0.05) is 7.11 Å². The molecule has 0 saturated carbocycles. The maximum atomic E-state index is 13.4. The van der Waals surface area contributed by atoms with E-state index in [9.17, 15) is 18.0 Å². The van der Waals surface area contributed by atoms with E-state index in [1.165, 1.54) is 6.66 Å². The molecule has 0 amide bonds. The third kappa shape index (κ3) is 4.37. The first-order valence-electron chi connectivity index (χ1n) is 6.87. The zero-order valence-electron chi connectivity index (χ0n) is 14.2. The molecule has 0 radical (unpaired) electrons. The molecule has 0 aliphatic heterocycles. The monoisotopic (exact) mass is 351 g/mol. The second kappa shape index (κ2) is 7.99. The normalized spacial score (nSPS) is 17.7. The molecule has 0 aliphatic rings. The molecule has 0 spiro atoms. The molecule has 0 aromatic heterocycles.